The Morgan fingerprint density at radius 2 is 1.71 bits per heavy atom. The highest BCUT2D eigenvalue weighted by atomic mass is 16.2. The van der Waals surface area contributed by atoms with Gasteiger partial charge in [-0.2, -0.15) is 0 Å². The molecule has 0 radical (unpaired) electrons. The minimum absolute atomic E-state index is 0.0510. The molecule has 2 N–H and O–H groups in total. The molecule has 3 aliphatic rings. The molecule has 2 amide bonds. The highest BCUT2D eigenvalue weighted by molar-refractivity contribution is 6.05. The summed E-state index contributed by atoms with van der Waals surface area (Å²) in [6, 6.07) is 0.598. The standard InChI is InChI=1S/C12H19N3O2/c16-11-9-3-6-15(7-10(9)12(17)14-11)8-1-4-13-5-2-8/h8-10,13H,1-7H2,(H,14,16,17)/t9-,10-/m1/s1. The lowest BCUT2D eigenvalue weighted by atomic mass is 9.86. The molecule has 3 heterocycles. The van der Waals surface area contributed by atoms with Crippen molar-refractivity contribution in [3.63, 3.8) is 0 Å². The van der Waals surface area contributed by atoms with E-state index in [0.717, 1.165) is 45.4 Å². The number of hydrogen-bond acceptors (Lipinski definition) is 4. The van der Waals surface area contributed by atoms with Crippen molar-refractivity contribution < 1.29 is 9.59 Å². The van der Waals surface area contributed by atoms with Crippen molar-refractivity contribution in [3.8, 4) is 0 Å². The first-order valence-electron chi connectivity index (χ1n) is 6.55. The Labute approximate surface area is 101 Å². The molecule has 0 bridgehead atoms. The molecule has 0 aromatic rings. The first-order valence-corrected chi connectivity index (χ1v) is 6.55. The zero-order chi connectivity index (χ0) is 11.8. The Hall–Kier alpha value is -0.940. The van der Waals surface area contributed by atoms with Gasteiger partial charge in [-0.25, -0.2) is 0 Å². The molecule has 94 valence electrons. The van der Waals surface area contributed by atoms with E-state index in [-0.39, 0.29) is 23.7 Å². The Morgan fingerprint density at radius 1 is 1.00 bits per heavy atom. The Balaban J connectivity index is 1.66. The molecule has 2 atom stereocenters. The minimum Gasteiger partial charge on any atom is -0.317 e. The van der Waals surface area contributed by atoms with Crippen molar-refractivity contribution in [2.24, 2.45) is 11.8 Å². The van der Waals surface area contributed by atoms with E-state index in [1.165, 1.54) is 0 Å². The number of carbonyl (C=O) groups is 2. The molecule has 3 fully saturated rings. The summed E-state index contributed by atoms with van der Waals surface area (Å²) in [5.74, 6) is -0.254. The number of piperidine rings is 2. The number of fused-ring (bicyclic) bond motifs is 1. The van der Waals surface area contributed by atoms with Gasteiger partial charge >= 0.3 is 0 Å². The van der Waals surface area contributed by atoms with E-state index < -0.39 is 0 Å². The topological polar surface area (TPSA) is 61.4 Å². The fraction of sp³-hybridized carbons (Fsp3) is 0.833. The molecule has 0 aromatic carbocycles. The number of nitrogens with one attached hydrogen (secondary N) is 2. The number of amides is 2. The third kappa shape index (κ3) is 1.98. The van der Waals surface area contributed by atoms with Crippen LogP contribution in [0.5, 0.6) is 0 Å². The summed E-state index contributed by atoms with van der Waals surface area (Å²) in [6.45, 7) is 3.88. The van der Waals surface area contributed by atoms with Gasteiger partial charge in [0, 0.05) is 12.6 Å². The van der Waals surface area contributed by atoms with Crippen LogP contribution in [-0.2, 0) is 9.59 Å². The quantitative estimate of drug-likeness (QED) is 0.594. The van der Waals surface area contributed by atoms with Crippen LogP contribution >= 0.6 is 0 Å². The van der Waals surface area contributed by atoms with Gasteiger partial charge in [0.1, 0.15) is 0 Å². The van der Waals surface area contributed by atoms with E-state index in [2.05, 4.69) is 15.5 Å². The summed E-state index contributed by atoms with van der Waals surface area (Å²) in [5, 5.41) is 5.82. The predicted octanol–water partition coefficient (Wildman–Crippen LogP) is -0.667. The molecule has 3 saturated heterocycles. The van der Waals surface area contributed by atoms with Crippen molar-refractivity contribution >= 4 is 11.8 Å². The maximum absolute atomic E-state index is 11.7. The van der Waals surface area contributed by atoms with Crippen LogP contribution in [0.3, 0.4) is 0 Å². The van der Waals surface area contributed by atoms with Crippen LogP contribution in [0.1, 0.15) is 19.3 Å². The predicted molar refractivity (Wildman–Crippen MR) is 62.2 cm³/mol. The lowest BCUT2D eigenvalue weighted by Crippen LogP contribution is -2.50. The fourth-order valence-corrected chi connectivity index (χ4v) is 3.37. The Morgan fingerprint density at radius 3 is 2.47 bits per heavy atom. The minimum atomic E-state index is -0.0915. The first kappa shape index (κ1) is 11.2. The second kappa shape index (κ2) is 4.38. The molecule has 17 heavy (non-hydrogen) atoms. The summed E-state index contributed by atoms with van der Waals surface area (Å²) in [5.41, 5.74) is 0. The molecule has 0 saturated carbocycles. The molecule has 0 spiro atoms. The van der Waals surface area contributed by atoms with Gasteiger partial charge in [-0.3, -0.25) is 19.8 Å². The number of nitrogens with zero attached hydrogens (tertiary/aromatic N) is 1. The van der Waals surface area contributed by atoms with Crippen molar-refractivity contribution in [2.45, 2.75) is 25.3 Å². The van der Waals surface area contributed by atoms with E-state index in [0.29, 0.717) is 6.04 Å². The van der Waals surface area contributed by atoms with Crippen LogP contribution in [0.4, 0.5) is 0 Å². The summed E-state index contributed by atoms with van der Waals surface area (Å²) in [6.07, 6.45) is 3.16. The highest BCUT2D eigenvalue weighted by Crippen LogP contribution is 2.30. The Kier molecular flexibility index (Phi) is 2.88. The monoisotopic (exact) mass is 237 g/mol. The summed E-state index contributed by atoms with van der Waals surface area (Å²) < 4.78 is 0. The number of carbonyl (C=O) groups excluding carboxylic acids is 2. The van der Waals surface area contributed by atoms with E-state index in [1.54, 1.807) is 0 Å². The van der Waals surface area contributed by atoms with Crippen LogP contribution in [0, 0.1) is 11.8 Å². The smallest absolute Gasteiger partial charge is 0.231 e. The third-order valence-corrected chi connectivity index (χ3v) is 4.39. The van der Waals surface area contributed by atoms with Gasteiger partial charge in [-0.1, -0.05) is 0 Å². The fourth-order valence-electron chi connectivity index (χ4n) is 3.37. The lowest BCUT2D eigenvalue weighted by Gasteiger charge is -2.40. The molecular formula is C12H19N3O2. The maximum atomic E-state index is 11.7. The van der Waals surface area contributed by atoms with Crippen molar-refractivity contribution in [3.05, 3.63) is 0 Å². The van der Waals surface area contributed by atoms with E-state index in [4.69, 9.17) is 0 Å². The largest absolute Gasteiger partial charge is 0.317 e. The van der Waals surface area contributed by atoms with Gasteiger partial charge in [0.05, 0.1) is 11.8 Å². The molecule has 0 unspecified atom stereocenters. The third-order valence-electron chi connectivity index (χ3n) is 4.39. The SMILES string of the molecule is O=C1NC(=O)[C@@H]2CN(C3CCNCC3)CC[C@@H]12. The van der Waals surface area contributed by atoms with Crippen LogP contribution in [0.25, 0.3) is 0 Å². The van der Waals surface area contributed by atoms with Gasteiger partial charge in [0.15, 0.2) is 0 Å². The molecule has 0 aromatic heterocycles. The van der Waals surface area contributed by atoms with Gasteiger partial charge in [-0.15, -0.1) is 0 Å². The van der Waals surface area contributed by atoms with Crippen molar-refractivity contribution in [1.29, 1.82) is 0 Å². The average Bonchev–Trinajstić information content (AvgIpc) is 2.66. The summed E-state index contributed by atoms with van der Waals surface area (Å²) >= 11 is 0. The molecule has 5 nitrogen and oxygen atoms in total. The van der Waals surface area contributed by atoms with Gasteiger partial charge in [0.25, 0.3) is 0 Å². The number of hydrogen-bond donors (Lipinski definition) is 2. The van der Waals surface area contributed by atoms with Gasteiger partial charge in [-0.05, 0) is 38.9 Å². The first-order chi connectivity index (χ1) is 8.25. The van der Waals surface area contributed by atoms with Gasteiger partial charge < -0.3 is 5.32 Å². The van der Waals surface area contributed by atoms with Crippen molar-refractivity contribution in [1.82, 2.24) is 15.5 Å². The summed E-state index contributed by atoms with van der Waals surface area (Å²) in [7, 11) is 0. The van der Waals surface area contributed by atoms with E-state index >= 15 is 0 Å². The summed E-state index contributed by atoms with van der Waals surface area (Å²) in [4.78, 5) is 25.6. The second-order valence-corrected chi connectivity index (χ2v) is 5.33. The second-order valence-electron chi connectivity index (χ2n) is 5.33. The van der Waals surface area contributed by atoms with E-state index in [9.17, 15) is 9.59 Å². The number of likely N-dealkylation sites (tertiary alicyclic amines) is 1. The molecule has 5 heteroatoms. The lowest BCUT2D eigenvalue weighted by molar-refractivity contribution is -0.126. The average molecular weight is 237 g/mol. The zero-order valence-corrected chi connectivity index (χ0v) is 9.95. The number of imide groups is 1. The van der Waals surface area contributed by atoms with Crippen LogP contribution in [0.15, 0.2) is 0 Å². The zero-order valence-electron chi connectivity index (χ0n) is 9.95. The van der Waals surface area contributed by atoms with Crippen LogP contribution in [0.2, 0.25) is 0 Å². The number of rotatable bonds is 1. The van der Waals surface area contributed by atoms with Gasteiger partial charge in [0.2, 0.25) is 11.8 Å². The van der Waals surface area contributed by atoms with Crippen LogP contribution in [-0.4, -0.2) is 48.9 Å². The Bertz CT molecular complexity index is 339. The highest BCUT2D eigenvalue weighted by Gasteiger charge is 2.45. The maximum Gasteiger partial charge on any atom is 0.231 e. The molecule has 3 rings (SSSR count). The normalized spacial score (nSPS) is 35.8. The molecular weight excluding hydrogens is 218 g/mol. The molecule has 3 aliphatic heterocycles. The molecule has 0 aliphatic carbocycles. The van der Waals surface area contributed by atoms with E-state index in [1.807, 2.05) is 0 Å². The van der Waals surface area contributed by atoms with Crippen LogP contribution < -0.4 is 10.6 Å². The van der Waals surface area contributed by atoms with Crippen molar-refractivity contribution in [2.75, 3.05) is 26.2 Å².